The maximum atomic E-state index is 12.1. The molecule has 0 saturated heterocycles. The fraction of sp³-hybridized carbons (Fsp3) is 0.263. The van der Waals surface area contributed by atoms with E-state index in [0.717, 1.165) is 23.2 Å². The number of rotatable bonds is 6. The summed E-state index contributed by atoms with van der Waals surface area (Å²) in [5.74, 6) is 0.234. The largest absolute Gasteiger partial charge is 0.484 e. The zero-order chi connectivity index (χ0) is 17.5. The lowest BCUT2D eigenvalue weighted by Crippen LogP contribution is -2.21. The molecule has 0 atom stereocenters. The van der Waals surface area contributed by atoms with Crippen molar-refractivity contribution in [3.8, 4) is 5.75 Å². The van der Waals surface area contributed by atoms with Crippen molar-refractivity contribution in [1.82, 2.24) is 0 Å². The second kappa shape index (κ2) is 8.15. The first-order valence-electron chi connectivity index (χ1n) is 7.88. The third-order valence-corrected chi connectivity index (χ3v) is 3.55. The Morgan fingerprint density at radius 3 is 2.38 bits per heavy atom. The number of hydrogen-bond acceptors (Lipinski definition) is 3. The van der Waals surface area contributed by atoms with E-state index in [-0.39, 0.29) is 18.4 Å². The van der Waals surface area contributed by atoms with Crippen molar-refractivity contribution in [2.45, 2.75) is 27.2 Å². The molecule has 0 heterocycles. The predicted octanol–water partition coefficient (Wildman–Crippen LogP) is 3.53. The zero-order valence-electron chi connectivity index (χ0n) is 14.2. The second-order valence-electron chi connectivity index (χ2n) is 5.51. The molecule has 0 aliphatic rings. The molecule has 24 heavy (non-hydrogen) atoms. The van der Waals surface area contributed by atoms with Crippen molar-refractivity contribution in [3.05, 3.63) is 53.6 Å². The van der Waals surface area contributed by atoms with Gasteiger partial charge in [-0.25, -0.2) is 0 Å². The van der Waals surface area contributed by atoms with E-state index in [4.69, 9.17) is 4.74 Å². The maximum absolute atomic E-state index is 12.1. The number of hydrogen-bond donors (Lipinski definition) is 2. The van der Waals surface area contributed by atoms with Crippen LogP contribution in [-0.4, -0.2) is 18.4 Å². The summed E-state index contributed by atoms with van der Waals surface area (Å²) in [5.41, 5.74) is 3.67. The van der Waals surface area contributed by atoms with E-state index in [9.17, 15) is 9.59 Å². The van der Waals surface area contributed by atoms with Gasteiger partial charge in [-0.05, 0) is 48.7 Å². The van der Waals surface area contributed by atoms with Crippen LogP contribution in [0.4, 0.5) is 11.4 Å². The lowest BCUT2D eigenvalue weighted by Gasteiger charge is -2.13. The number of amides is 2. The average Bonchev–Trinajstić information content (AvgIpc) is 2.55. The molecule has 0 spiro atoms. The minimum absolute atomic E-state index is 0.0724. The molecule has 2 amide bonds. The van der Waals surface area contributed by atoms with Crippen LogP contribution >= 0.6 is 0 Å². The normalized spacial score (nSPS) is 10.1. The summed E-state index contributed by atoms with van der Waals surface area (Å²) in [4.78, 5) is 23.1. The van der Waals surface area contributed by atoms with Crippen molar-refractivity contribution < 1.29 is 14.3 Å². The number of benzene rings is 2. The number of anilines is 2. The number of aryl methyl sites for hydroxylation is 2. The van der Waals surface area contributed by atoms with Crippen LogP contribution in [0.25, 0.3) is 0 Å². The summed E-state index contributed by atoms with van der Waals surface area (Å²) in [6.07, 6.45) is 0.850. The monoisotopic (exact) mass is 326 g/mol. The quantitative estimate of drug-likeness (QED) is 0.853. The van der Waals surface area contributed by atoms with Crippen molar-refractivity contribution in [2.75, 3.05) is 17.2 Å². The number of carbonyl (C=O) groups excluding carboxylic acids is 2. The molecule has 2 aromatic carbocycles. The molecule has 0 bridgehead atoms. The molecule has 0 unspecified atom stereocenters. The van der Waals surface area contributed by atoms with Gasteiger partial charge >= 0.3 is 0 Å². The minimum Gasteiger partial charge on any atom is -0.484 e. The van der Waals surface area contributed by atoms with Crippen molar-refractivity contribution in [1.29, 1.82) is 0 Å². The van der Waals surface area contributed by atoms with Gasteiger partial charge in [-0.15, -0.1) is 0 Å². The van der Waals surface area contributed by atoms with Crippen LogP contribution in [0.1, 0.15) is 25.0 Å². The molecule has 2 rings (SSSR count). The molecular weight excluding hydrogens is 304 g/mol. The Bertz CT molecular complexity index is 724. The summed E-state index contributed by atoms with van der Waals surface area (Å²) < 4.78 is 5.49. The van der Waals surface area contributed by atoms with E-state index in [2.05, 4.69) is 17.6 Å². The highest BCUT2D eigenvalue weighted by Gasteiger charge is 2.09. The molecule has 126 valence electrons. The Balaban J connectivity index is 1.93. The second-order valence-corrected chi connectivity index (χ2v) is 5.51. The van der Waals surface area contributed by atoms with Gasteiger partial charge in [0.05, 0.1) is 0 Å². The summed E-state index contributed by atoms with van der Waals surface area (Å²) in [6, 6.07) is 12.8. The molecule has 5 nitrogen and oxygen atoms in total. The molecule has 0 aliphatic heterocycles. The minimum atomic E-state index is -0.204. The lowest BCUT2D eigenvalue weighted by molar-refractivity contribution is -0.118. The van der Waals surface area contributed by atoms with Crippen molar-refractivity contribution >= 4 is 23.2 Å². The highest BCUT2D eigenvalue weighted by molar-refractivity contribution is 5.93. The van der Waals surface area contributed by atoms with Crippen LogP contribution in [-0.2, 0) is 16.0 Å². The highest BCUT2D eigenvalue weighted by atomic mass is 16.5. The van der Waals surface area contributed by atoms with Crippen LogP contribution in [0.15, 0.2) is 42.5 Å². The molecule has 0 aromatic heterocycles. The summed E-state index contributed by atoms with van der Waals surface area (Å²) >= 11 is 0. The first-order valence-corrected chi connectivity index (χ1v) is 7.88. The predicted molar refractivity (Wildman–Crippen MR) is 95.4 cm³/mol. The number of ether oxygens (including phenoxy) is 1. The van der Waals surface area contributed by atoms with E-state index < -0.39 is 0 Å². The van der Waals surface area contributed by atoms with Gasteiger partial charge in [-0.3, -0.25) is 9.59 Å². The third-order valence-electron chi connectivity index (χ3n) is 3.55. The molecule has 0 saturated carbocycles. The first kappa shape index (κ1) is 17.5. The molecule has 2 N–H and O–H groups in total. The van der Waals surface area contributed by atoms with Gasteiger partial charge < -0.3 is 15.4 Å². The molecule has 0 fully saturated rings. The number of carbonyl (C=O) groups is 2. The third kappa shape index (κ3) is 4.84. The Kier molecular flexibility index (Phi) is 5.95. The van der Waals surface area contributed by atoms with Gasteiger partial charge in [0.25, 0.3) is 5.91 Å². The molecule has 0 radical (unpaired) electrons. The maximum Gasteiger partial charge on any atom is 0.262 e. The Morgan fingerprint density at radius 2 is 1.75 bits per heavy atom. The summed E-state index contributed by atoms with van der Waals surface area (Å²) in [6.45, 7) is 5.40. The fourth-order valence-electron chi connectivity index (χ4n) is 2.36. The van der Waals surface area contributed by atoms with E-state index in [1.54, 1.807) is 24.3 Å². The molecular formula is C19H22N2O3. The number of nitrogens with one attached hydrogen (secondary N) is 2. The van der Waals surface area contributed by atoms with E-state index in [1.807, 2.05) is 25.1 Å². The van der Waals surface area contributed by atoms with Gasteiger partial charge in [0.15, 0.2) is 6.61 Å². The first-order chi connectivity index (χ1) is 11.5. The van der Waals surface area contributed by atoms with E-state index in [1.165, 1.54) is 6.92 Å². The van der Waals surface area contributed by atoms with Crippen LogP contribution in [0.3, 0.4) is 0 Å². The molecule has 5 heteroatoms. The van der Waals surface area contributed by atoms with Crippen molar-refractivity contribution in [2.24, 2.45) is 0 Å². The summed E-state index contributed by atoms with van der Waals surface area (Å²) in [5, 5.41) is 5.59. The smallest absolute Gasteiger partial charge is 0.262 e. The zero-order valence-corrected chi connectivity index (χ0v) is 14.2. The molecule has 2 aromatic rings. The van der Waals surface area contributed by atoms with Gasteiger partial charge in [0.2, 0.25) is 5.91 Å². The van der Waals surface area contributed by atoms with E-state index in [0.29, 0.717) is 11.4 Å². The van der Waals surface area contributed by atoms with Crippen LogP contribution in [0, 0.1) is 6.92 Å². The average molecular weight is 326 g/mol. The Hall–Kier alpha value is -2.82. The number of para-hydroxylation sites is 1. The fourth-order valence-corrected chi connectivity index (χ4v) is 2.36. The van der Waals surface area contributed by atoms with Gasteiger partial charge in [-0.2, -0.15) is 0 Å². The van der Waals surface area contributed by atoms with E-state index >= 15 is 0 Å². The SMILES string of the molecule is CCc1cccc(C)c1NC(=O)COc1ccc(NC(C)=O)cc1. The lowest BCUT2D eigenvalue weighted by atomic mass is 10.1. The summed E-state index contributed by atoms with van der Waals surface area (Å²) in [7, 11) is 0. The van der Waals surface area contributed by atoms with Crippen LogP contribution in [0.2, 0.25) is 0 Å². The van der Waals surface area contributed by atoms with Gasteiger partial charge in [-0.1, -0.05) is 25.1 Å². The highest BCUT2D eigenvalue weighted by Crippen LogP contribution is 2.21. The van der Waals surface area contributed by atoms with Crippen LogP contribution < -0.4 is 15.4 Å². The topological polar surface area (TPSA) is 67.4 Å². The van der Waals surface area contributed by atoms with Gasteiger partial charge in [0.1, 0.15) is 5.75 Å². The van der Waals surface area contributed by atoms with Gasteiger partial charge in [0, 0.05) is 18.3 Å². The Labute approximate surface area is 142 Å². The molecule has 0 aliphatic carbocycles. The standard InChI is InChI=1S/C19H22N2O3/c1-4-15-7-5-6-13(2)19(15)21-18(23)12-24-17-10-8-16(9-11-17)20-14(3)22/h5-11H,4,12H2,1-3H3,(H,20,22)(H,21,23). The van der Waals surface area contributed by atoms with Crippen LogP contribution in [0.5, 0.6) is 5.75 Å². The Morgan fingerprint density at radius 1 is 1.04 bits per heavy atom. The van der Waals surface area contributed by atoms with Crippen molar-refractivity contribution in [3.63, 3.8) is 0 Å².